The van der Waals surface area contributed by atoms with Crippen LogP contribution in [0.3, 0.4) is 0 Å². The summed E-state index contributed by atoms with van der Waals surface area (Å²) in [5.41, 5.74) is 3.00. The van der Waals surface area contributed by atoms with Crippen LogP contribution in [0.1, 0.15) is 17.0 Å². The van der Waals surface area contributed by atoms with Gasteiger partial charge in [-0.05, 0) is 41.5 Å². The Bertz CT molecular complexity index is 1280. The number of aromatic nitrogens is 1. The Morgan fingerprint density at radius 3 is 2.35 bits per heavy atom. The summed E-state index contributed by atoms with van der Waals surface area (Å²) in [7, 11) is -0.696. The zero-order chi connectivity index (χ0) is 21.8. The first kappa shape index (κ1) is 21.0. The van der Waals surface area contributed by atoms with Gasteiger partial charge in [-0.2, -0.15) is 0 Å². The molecule has 3 aromatic carbocycles. The Balaban J connectivity index is 1.71. The Hall–Kier alpha value is -3.29. The van der Waals surface area contributed by atoms with Crippen molar-refractivity contribution in [2.45, 2.75) is 10.8 Å². The highest BCUT2D eigenvalue weighted by Crippen LogP contribution is 2.32. The van der Waals surface area contributed by atoms with E-state index in [1.165, 1.54) is 13.2 Å². The standard InChI is InChI=1S/C24H24N2O4S/c1-29-18-13-11-17(12-14-18)20(21-15-25-22-8-4-3-7-19(21)22)16-26-31(27,28)24-10-6-5-9-23(24)30-2/h3-15,20,25-26H,16H2,1-2H3. The van der Waals surface area contributed by atoms with Crippen LogP contribution in [-0.4, -0.2) is 34.2 Å². The molecule has 0 aliphatic heterocycles. The van der Waals surface area contributed by atoms with Gasteiger partial charge in [-0.25, -0.2) is 13.1 Å². The predicted octanol–water partition coefficient (Wildman–Crippen LogP) is 4.30. The first-order chi connectivity index (χ1) is 15.0. The summed E-state index contributed by atoms with van der Waals surface area (Å²) in [6.07, 6.45) is 1.94. The maximum atomic E-state index is 13.1. The topological polar surface area (TPSA) is 80.4 Å². The second-order valence-corrected chi connectivity index (χ2v) is 8.85. The van der Waals surface area contributed by atoms with Crippen molar-refractivity contribution in [1.29, 1.82) is 0 Å². The van der Waals surface area contributed by atoms with Gasteiger partial charge in [-0.3, -0.25) is 0 Å². The normalized spacial score (nSPS) is 12.6. The smallest absolute Gasteiger partial charge is 0.244 e. The number of sulfonamides is 1. The lowest BCUT2D eigenvalue weighted by atomic mass is 9.91. The summed E-state index contributed by atoms with van der Waals surface area (Å²) in [6.45, 7) is 0.189. The molecule has 0 radical (unpaired) electrons. The van der Waals surface area contributed by atoms with E-state index in [2.05, 4.69) is 9.71 Å². The maximum absolute atomic E-state index is 13.1. The minimum atomic E-state index is -3.77. The molecule has 0 aliphatic carbocycles. The number of hydrogen-bond donors (Lipinski definition) is 2. The number of para-hydroxylation sites is 2. The molecule has 0 aliphatic rings. The monoisotopic (exact) mass is 436 g/mol. The summed E-state index contributed by atoms with van der Waals surface area (Å²) in [5, 5.41) is 1.06. The molecule has 4 rings (SSSR count). The van der Waals surface area contributed by atoms with Crippen molar-refractivity contribution in [3.05, 3.63) is 90.1 Å². The number of ether oxygens (including phenoxy) is 2. The quantitative estimate of drug-likeness (QED) is 0.432. The average Bonchev–Trinajstić information content (AvgIpc) is 3.23. The number of aromatic amines is 1. The predicted molar refractivity (Wildman–Crippen MR) is 121 cm³/mol. The van der Waals surface area contributed by atoms with Crippen molar-refractivity contribution in [2.24, 2.45) is 0 Å². The molecule has 2 N–H and O–H groups in total. The fourth-order valence-corrected chi connectivity index (χ4v) is 4.95. The maximum Gasteiger partial charge on any atom is 0.244 e. The Labute approximate surface area is 181 Å². The van der Waals surface area contributed by atoms with Crippen LogP contribution in [0.15, 0.2) is 83.9 Å². The number of benzene rings is 3. The van der Waals surface area contributed by atoms with Gasteiger partial charge < -0.3 is 14.5 Å². The number of fused-ring (bicyclic) bond motifs is 1. The fourth-order valence-electron chi connectivity index (χ4n) is 3.74. The summed E-state index contributed by atoms with van der Waals surface area (Å²) in [5.74, 6) is 0.852. The SMILES string of the molecule is COc1ccc(C(CNS(=O)(=O)c2ccccc2OC)c2c[nH]c3ccccc23)cc1. The van der Waals surface area contributed by atoms with Crippen molar-refractivity contribution in [3.8, 4) is 11.5 Å². The van der Waals surface area contributed by atoms with E-state index in [9.17, 15) is 8.42 Å². The van der Waals surface area contributed by atoms with E-state index < -0.39 is 10.0 Å². The zero-order valence-electron chi connectivity index (χ0n) is 17.3. The first-order valence-electron chi connectivity index (χ1n) is 9.86. The van der Waals surface area contributed by atoms with Gasteiger partial charge in [0.15, 0.2) is 0 Å². The fraction of sp³-hybridized carbons (Fsp3) is 0.167. The van der Waals surface area contributed by atoms with Crippen LogP contribution in [0.25, 0.3) is 10.9 Å². The minimum Gasteiger partial charge on any atom is -0.497 e. The third-order valence-electron chi connectivity index (χ3n) is 5.35. The van der Waals surface area contributed by atoms with Crippen LogP contribution >= 0.6 is 0 Å². The second-order valence-electron chi connectivity index (χ2n) is 7.12. The van der Waals surface area contributed by atoms with Crippen LogP contribution in [0.5, 0.6) is 11.5 Å². The van der Waals surface area contributed by atoms with E-state index in [0.29, 0.717) is 5.75 Å². The highest BCUT2D eigenvalue weighted by Gasteiger charge is 2.24. The van der Waals surface area contributed by atoms with Crippen molar-refractivity contribution in [1.82, 2.24) is 9.71 Å². The highest BCUT2D eigenvalue weighted by molar-refractivity contribution is 7.89. The third kappa shape index (κ3) is 4.28. The number of rotatable bonds is 8. The van der Waals surface area contributed by atoms with Gasteiger partial charge >= 0.3 is 0 Å². The number of methoxy groups -OCH3 is 2. The molecule has 0 saturated heterocycles. The number of nitrogens with one attached hydrogen (secondary N) is 2. The van der Waals surface area contributed by atoms with Crippen LogP contribution < -0.4 is 14.2 Å². The molecule has 1 unspecified atom stereocenters. The van der Waals surface area contributed by atoms with E-state index in [-0.39, 0.29) is 17.4 Å². The summed E-state index contributed by atoms with van der Waals surface area (Å²) >= 11 is 0. The van der Waals surface area contributed by atoms with Gasteiger partial charge in [0.1, 0.15) is 16.4 Å². The van der Waals surface area contributed by atoms with Crippen LogP contribution in [0.2, 0.25) is 0 Å². The second kappa shape index (κ2) is 8.83. The van der Waals surface area contributed by atoms with Gasteiger partial charge in [0.2, 0.25) is 10.0 Å². The molecule has 1 heterocycles. The van der Waals surface area contributed by atoms with E-state index >= 15 is 0 Å². The lowest BCUT2D eigenvalue weighted by Gasteiger charge is -2.19. The Morgan fingerprint density at radius 1 is 0.903 bits per heavy atom. The summed E-state index contributed by atoms with van der Waals surface area (Å²) in [6, 6.07) is 22.3. The molecule has 0 bridgehead atoms. The lowest BCUT2D eigenvalue weighted by Crippen LogP contribution is -2.29. The summed E-state index contributed by atoms with van der Waals surface area (Å²) in [4.78, 5) is 3.40. The van der Waals surface area contributed by atoms with Crippen LogP contribution in [-0.2, 0) is 10.0 Å². The number of hydrogen-bond acceptors (Lipinski definition) is 4. The van der Waals surface area contributed by atoms with Crippen LogP contribution in [0.4, 0.5) is 0 Å². The first-order valence-corrected chi connectivity index (χ1v) is 11.3. The molecule has 0 saturated carbocycles. The highest BCUT2D eigenvalue weighted by atomic mass is 32.2. The van der Waals surface area contributed by atoms with Gasteiger partial charge in [0.05, 0.1) is 14.2 Å². The Kier molecular flexibility index (Phi) is 5.97. The molecule has 6 nitrogen and oxygen atoms in total. The minimum absolute atomic E-state index is 0.116. The molecular weight excluding hydrogens is 412 g/mol. The van der Waals surface area contributed by atoms with Crippen molar-refractivity contribution >= 4 is 20.9 Å². The largest absolute Gasteiger partial charge is 0.497 e. The van der Waals surface area contributed by atoms with E-state index in [4.69, 9.17) is 9.47 Å². The molecule has 31 heavy (non-hydrogen) atoms. The van der Waals surface area contributed by atoms with E-state index in [1.807, 2.05) is 54.7 Å². The average molecular weight is 437 g/mol. The molecular formula is C24H24N2O4S. The molecule has 4 aromatic rings. The molecule has 1 atom stereocenters. The molecule has 0 amide bonds. The van der Waals surface area contributed by atoms with Crippen molar-refractivity contribution in [3.63, 3.8) is 0 Å². The van der Waals surface area contributed by atoms with Gasteiger partial charge in [-0.1, -0.05) is 42.5 Å². The van der Waals surface area contributed by atoms with E-state index in [0.717, 1.165) is 27.8 Å². The van der Waals surface area contributed by atoms with Crippen LogP contribution in [0, 0.1) is 0 Å². The number of H-pyrrole nitrogens is 1. The van der Waals surface area contributed by atoms with Crippen molar-refractivity contribution in [2.75, 3.05) is 20.8 Å². The molecule has 7 heteroatoms. The molecule has 0 fully saturated rings. The van der Waals surface area contributed by atoms with Gasteiger partial charge in [-0.15, -0.1) is 0 Å². The zero-order valence-corrected chi connectivity index (χ0v) is 18.1. The van der Waals surface area contributed by atoms with Gasteiger partial charge in [0.25, 0.3) is 0 Å². The molecule has 1 aromatic heterocycles. The third-order valence-corrected chi connectivity index (χ3v) is 6.81. The van der Waals surface area contributed by atoms with Crippen molar-refractivity contribution < 1.29 is 17.9 Å². The lowest BCUT2D eigenvalue weighted by molar-refractivity contribution is 0.402. The van der Waals surface area contributed by atoms with Gasteiger partial charge in [0, 0.05) is 29.6 Å². The van der Waals surface area contributed by atoms with E-state index in [1.54, 1.807) is 25.3 Å². The molecule has 0 spiro atoms. The summed E-state index contributed by atoms with van der Waals surface area (Å²) < 4.78 is 39.4. The Morgan fingerprint density at radius 2 is 1.61 bits per heavy atom. The molecule has 160 valence electrons.